The molecule has 0 amide bonds. The molecule has 16 heavy (non-hydrogen) atoms. The van der Waals surface area contributed by atoms with Gasteiger partial charge in [-0.1, -0.05) is 6.92 Å². The summed E-state index contributed by atoms with van der Waals surface area (Å²) in [5.74, 6) is 1.06. The van der Waals surface area contributed by atoms with Gasteiger partial charge in [0.25, 0.3) is 0 Å². The summed E-state index contributed by atoms with van der Waals surface area (Å²) in [4.78, 5) is 0. The monoisotopic (exact) mass is 239 g/mol. The van der Waals surface area contributed by atoms with E-state index in [0.29, 0.717) is 16.6 Å². The lowest BCUT2D eigenvalue weighted by atomic mass is 9.83. The van der Waals surface area contributed by atoms with Crippen molar-refractivity contribution in [2.75, 3.05) is 6.61 Å². The number of nitrogens with zero attached hydrogens (tertiary/aromatic N) is 1. The van der Waals surface area contributed by atoms with Crippen molar-refractivity contribution in [1.82, 2.24) is 0 Å². The molecule has 1 aliphatic heterocycles. The molecule has 0 bridgehead atoms. The van der Waals surface area contributed by atoms with Gasteiger partial charge in [-0.05, 0) is 38.5 Å². The van der Waals surface area contributed by atoms with Crippen molar-refractivity contribution >= 4 is 11.8 Å². The zero-order valence-electron chi connectivity index (χ0n) is 10.2. The standard InChI is InChI=1S/C13H21NOS/c1-9-3-4-11(8-14)13(7-9)16-12-5-6-15-10(12)2/h9-13H,3-7H2,1-2H3. The number of ether oxygens (including phenoxy) is 1. The molecule has 0 spiro atoms. The van der Waals surface area contributed by atoms with Gasteiger partial charge in [-0.2, -0.15) is 17.0 Å². The number of hydrogen-bond acceptors (Lipinski definition) is 3. The molecule has 5 unspecified atom stereocenters. The Hall–Kier alpha value is -0.200. The first kappa shape index (κ1) is 12.3. The third kappa shape index (κ3) is 2.73. The zero-order chi connectivity index (χ0) is 11.5. The van der Waals surface area contributed by atoms with Gasteiger partial charge in [-0.25, -0.2) is 0 Å². The minimum atomic E-state index is 0.272. The Bertz CT molecular complexity index is 276. The highest BCUT2D eigenvalue weighted by atomic mass is 32.2. The Morgan fingerprint density at radius 1 is 1.19 bits per heavy atom. The van der Waals surface area contributed by atoms with Crippen LogP contribution in [0.25, 0.3) is 0 Å². The van der Waals surface area contributed by atoms with Crippen molar-refractivity contribution in [3.8, 4) is 6.07 Å². The third-order valence-corrected chi connectivity index (χ3v) is 5.72. The Labute approximate surface area is 103 Å². The van der Waals surface area contributed by atoms with Gasteiger partial charge >= 0.3 is 0 Å². The summed E-state index contributed by atoms with van der Waals surface area (Å²) in [6.07, 6.45) is 5.08. The molecule has 0 radical (unpaired) electrons. The molecular weight excluding hydrogens is 218 g/mol. The first-order valence-corrected chi connectivity index (χ1v) is 7.31. The van der Waals surface area contributed by atoms with E-state index in [1.54, 1.807) is 0 Å². The van der Waals surface area contributed by atoms with Gasteiger partial charge in [-0.3, -0.25) is 0 Å². The van der Waals surface area contributed by atoms with Crippen LogP contribution in [-0.4, -0.2) is 23.2 Å². The van der Waals surface area contributed by atoms with E-state index in [2.05, 4.69) is 19.9 Å². The van der Waals surface area contributed by atoms with Gasteiger partial charge in [0, 0.05) is 17.1 Å². The number of nitriles is 1. The van der Waals surface area contributed by atoms with Crippen LogP contribution in [0.5, 0.6) is 0 Å². The largest absolute Gasteiger partial charge is 0.377 e. The second kappa shape index (κ2) is 5.42. The molecule has 0 aromatic heterocycles. The van der Waals surface area contributed by atoms with Crippen LogP contribution in [0.1, 0.15) is 39.5 Å². The molecule has 3 heteroatoms. The average molecular weight is 239 g/mol. The molecule has 2 nitrogen and oxygen atoms in total. The van der Waals surface area contributed by atoms with Crippen molar-refractivity contribution in [2.45, 2.75) is 56.1 Å². The summed E-state index contributed by atoms with van der Waals surface area (Å²) < 4.78 is 5.60. The van der Waals surface area contributed by atoms with Crippen molar-refractivity contribution in [3.63, 3.8) is 0 Å². The highest BCUT2D eigenvalue weighted by molar-refractivity contribution is 8.00. The van der Waals surface area contributed by atoms with Crippen LogP contribution in [-0.2, 0) is 4.74 Å². The first-order chi connectivity index (χ1) is 7.70. The lowest BCUT2D eigenvalue weighted by Crippen LogP contribution is -2.28. The summed E-state index contributed by atoms with van der Waals surface area (Å²) in [5, 5.41) is 10.4. The minimum absolute atomic E-state index is 0.272. The normalized spacial score (nSPS) is 44.2. The van der Waals surface area contributed by atoms with E-state index in [-0.39, 0.29) is 5.92 Å². The third-order valence-electron chi connectivity index (χ3n) is 3.88. The molecule has 2 aliphatic rings. The maximum Gasteiger partial charge on any atom is 0.0667 e. The van der Waals surface area contributed by atoms with Gasteiger partial charge in [0.2, 0.25) is 0 Å². The van der Waals surface area contributed by atoms with E-state index < -0.39 is 0 Å². The van der Waals surface area contributed by atoms with Crippen LogP contribution >= 0.6 is 11.8 Å². The second-order valence-electron chi connectivity index (χ2n) is 5.23. The molecule has 0 aromatic rings. The second-order valence-corrected chi connectivity index (χ2v) is 6.71. The van der Waals surface area contributed by atoms with E-state index in [0.717, 1.165) is 25.4 Å². The van der Waals surface area contributed by atoms with Crippen molar-refractivity contribution in [2.24, 2.45) is 11.8 Å². The summed E-state index contributed by atoms with van der Waals surface area (Å²) in [6.45, 7) is 5.38. The van der Waals surface area contributed by atoms with Crippen LogP contribution in [0, 0.1) is 23.2 Å². The molecule has 0 aromatic carbocycles. The molecule has 1 aliphatic carbocycles. The molecule has 0 N–H and O–H groups in total. The van der Waals surface area contributed by atoms with Crippen molar-refractivity contribution in [3.05, 3.63) is 0 Å². The molecule has 1 heterocycles. The summed E-state index contributed by atoms with van der Waals surface area (Å²) in [6, 6.07) is 2.50. The van der Waals surface area contributed by atoms with Crippen LogP contribution in [0.2, 0.25) is 0 Å². The predicted octanol–water partition coefficient (Wildman–Crippen LogP) is 3.23. The lowest BCUT2D eigenvalue weighted by Gasteiger charge is -2.32. The lowest BCUT2D eigenvalue weighted by molar-refractivity contribution is 0.127. The molecule has 90 valence electrons. The predicted molar refractivity (Wildman–Crippen MR) is 67.3 cm³/mol. The van der Waals surface area contributed by atoms with Crippen LogP contribution in [0.4, 0.5) is 0 Å². The van der Waals surface area contributed by atoms with E-state index in [4.69, 9.17) is 4.74 Å². The molecule has 2 rings (SSSR count). The van der Waals surface area contributed by atoms with Crippen LogP contribution in [0.3, 0.4) is 0 Å². The fourth-order valence-electron chi connectivity index (χ4n) is 2.74. The SMILES string of the molecule is CC1CCC(C#N)C(SC2CCOC2C)C1. The molecular formula is C13H21NOS. The van der Waals surface area contributed by atoms with Gasteiger partial charge in [0.05, 0.1) is 18.1 Å². The topological polar surface area (TPSA) is 33.0 Å². The maximum absolute atomic E-state index is 9.19. The van der Waals surface area contributed by atoms with Crippen LogP contribution < -0.4 is 0 Å². The van der Waals surface area contributed by atoms with Gasteiger partial charge in [0.15, 0.2) is 0 Å². The summed E-state index contributed by atoms with van der Waals surface area (Å²) in [7, 11) is 0. The van der Waals surface area contributed by atoms with Gasteiger partial charge in [-0.15, -0.1) is 0 Å². The van der Waals surface area contributed by atoms with E-state index in [1.165, 1.54) is 12.8 Å². The molecule has 2 fully saturated rings. The molecule has 1 saturated heterocycles. The highest BCUT2D eigenvalue weighted by Gasteiger charge is 2.34. The summed E-state index contributed by atoms with van der Waals surface area (Å²) in [5.41, 5.74) is 0. The van der Waals surface area contributed by atoms with E-state index in [1.807, 2.05) is 11.8 Å². The maximum atomic E-state index is 9.19. The Morgan fingerprint density at radius 3 is 2.62 bits per heavy atom. The van der Waals surface area contributed by atoms with Gasteiger partial charge < -0.3 is 4.74 Å². The van der Waals surface area contributed by atoms with E-state index >= 15 is 0 Å². The molecule has 1 saturated carbocycles. The zero-order valence-corrected chi connectivity index (χ0v) is 11.0. The van der Waals surface area contributed by atoms with Crippen molar-refractivity contribution < 1.29 is 4.74 Å². The fourth-order valence-corrected chi connectivity index (χ4v) is 4.55. The fraction of sp³-hybridized carbons (Fsp3) is 0.923. The quantitative estimate of drug-likeness (QED) is 0.741. The van der Waals surface area contributed by atoms with Gasteiger partial charge in [0.1, 0.15) is 0 Å². The number of thioether (sulfide) groups is 1. The Kier molecular flexibility index (Phi) is 4.16. The average Bonchev–Trinajstić information content (AvgIpc) is 2.65. The number of hydrogen-bond donors (Lipinski definition) is 0. The smallest absolute Gasteiger partial charge is 0.0667 e. The van der Waals surface area contributed by atoms with E-state index in [9.17, 15) is 5.26 Å². The minimum Gasteiger partial charge on any atom is -0.377 e. The first-order valence-electron chi connectivity index (χ1n) is 6.37. The Balaban J connectivity index is 1.93. The highest BCUT2D eigenvalue weighted by Crippen LogP contribution is 2.40. The molecule has 5 atom stereocenters. The number of rotatable bonds is 2. The van der Waals surface area contributed by atoms with Crippen LogP contribution in [0.15, 0.2) is 0 Å². The Morgan fingerprint density at radius 2 is 2.00 bits per heavy atom. The summed E-state index contributed by atoms with van der Waals surface area (Å²) >= 11 is 2.03. The van der Waals surface area contributed by atoms with Crippen molar-refractivity contribution in [1.29, 1.82) is 5.26 Å².